The van der Waals surface area contributed by atoms with Gasteiger partial charge in [0.2, 0.25) is 5.91 Å². The minimum absolute atomic E-state index is 0.0135. The molecule has 3 N–H and O–H groups in total. The average Bonchev–Trinajstić information content (AvgIpc) is 3.70. The molecular formula is C31H41FN4O6. The molecule has 4 saturated carbocycles. The van der Waals surface area contributed by atoms with Crippen molar-refractivity contribution in [3.8, 4) is 11.5 Å². The lowest BCUT2D eigenvalue weighted by Crippen LogP contribution is -2.51. The molecule has 4 atom stereocenters. The summed E-state index contributed by atoms with van der Waals surface area (Å²) in [6.45, 7) is 4.88. The van der Waals surface area contributed by atoms with Crippen LogP contribution in [0.15, 0.2) is 21.5 Å². The number of fused-ring (bicyclic) bond motifs is 2. The summed E-state index contributed by atoms with van der Waals surface area (Å²) in [6.07, 6.45) is 8.64. The molecule has 0 aliphatic heterocycles. The number of rotatable bonds is 9. The molecule has 1 aromatic heterocycles. The summed E-state index contributed by atoms with van der Waals surface area (Å²) in [5.74, 6) is -0.733. The molecule has 0 unspecified atom stereocenters. The molecule has 11 heteroatoms. The zero-order chi connectivity index (χ0) is 29.6. The molecule has 0 spiro atoms. The van der Waals surface area contributed by atoms with Gasteiger partial charge in [-0.3, -0.25) is 19.1 Å². The largest absolute Gasteiger partial charge is 0.496 e. The van der Waals surface area contributed by atoms with Crippen molar-refractivity contribution in [3.05, 3.63) is 39.9 Å². The van der Waals surface area contributed by atoms with Gasteiger partial charge in [-0.2, -0.15) is 0 Å². The standard InChI is InChI=1S/C31H41FN4O6/c1-30(9-4-10-30)16-33-27(38)24-17-5-6-18(13-17)25(24)34-26(37)20-14-23(21(32)15-22(20)40-3)41-19-7-11-31(2,12-8-19)28-35-29(39)42-36-28/h14-15,17-19,24-25H,4-13,16H2,1-3H3,(H,33,38)(H,34,37)(H,35,36,39)/t17-,18+,19?,24+,25-,31?/m1/s1. The van der Waals surface area contributed by atoms with Crippen LogP contribution in [0.1, 0.15) is 94.2 Å². The Morgan fingerprint density at radius 2 is 1.83 bits per heavy atom. The quantitative estimate of drug-likeness (QED) is 0.401. The van der Waals surface area contributed by atoms with E-state index in [4.69, 9.17) is 9.47 Å². The number of nitrogens with one attached hydrogen (secondary N) is 3. The lowest BCUT2D eigenvalue weighted by atomic mass is 9.70. The van der Waals surface area contributed by atoms with Crippen molar-refractivity contribution in [1.82, 2.24) is 20.8 Å². The van der Waals surface area contributed by atoms with E-state index in [9.17, 15) is 14.4 Å². The molecule has 228 valence electrons. The van der Waals surface area contributed by atoms with E-state index in [1.165, 1.54) is 25.7 Å². The van der Waals surface area contributed by atoms with Gasteiger partial charge in [-0.05, 0) is 81.1 Å². The molecule has 1 heterocycles. The smallest absolute Gasteiger partial charge is 0.438 e. The zero-order valence-electron chi connectivity index (χ0n) is 24.6. The summed E-state index contributed by atoms with van der Waals surface area (Å²) in [6, 6.07) is 2.32. The number of aromatic amines is 1. The second-order valence-corrected chi connectivity index (χ2v) is 13.5. The molecule has 4 aliphatic rings. The maximum atomic E-state index is 15.1. The Bertz CT molecular complexity index is 1390. The Balaban J connectivity index is 1.14. The number of halogens is 1. The van der Waals surface area contributed by atoms with Crippen LogP contribution in [-0.4, -0.2) is 47.8 Å². The Hall–Kier alpha value is -3.37. The van der Waals surface area contributed by atoms with Crippen LogP contribution in [0.5, 0.6) is 11.5 Å². The molecule has 0 radical (unpaired) electrons. The predicted molar refractivity (Wildman–Crippen MR) is 151 cm³/mol. The number of nitrogens with zero attached hydrogens (tertiary/aromatic N) is 1. The first kappa shape index (κ1) is 28.7. The van der Waals surface area contributed by atoms with Crippen LogP contribution in [0.25, 0.3) is 0 Å². The van der Waals surface area contributed by atoms with Gasteiger partial charge in [-0.25, -0.2) is 9.18 Å². The predicted octanol–water partition coefficient (Wildman–Crippen LogP) is 4.24. The van der Waals surface area contributed by atoms with E-state index in [0.29, 0.717) is 38.1 Å². The van der Waals surface area contributed by atoms with Crippen LogP contribution in [-0.2, 0) is 10.2 Å². The van der Waals surface area contributed by atoms with Gasteiger partial charge in [0, 0.05) is 24.1 Å². The number of hydrogen-bond acceptors (Lipinski definition) is 7. The molecule has 4 fully saturated rings. The van der Waals surface area contributed by atoms with E-state index in [0.717, 1.165) is 32.1 Å². The minimum Gasteiger partial charge on any atom is -0.496 e. The van der Waals surface area contributed by atoms with E-state index >= 15 is 4.39 Å². The van der Waals surface area contributed by atoms with Crippen molar-refractivity contribution in [2.24, 2.45) is 23.2 Å². The number of amides is 2. The van der Waals surface area contributed by atoms with Gasteiger partial charge < -0.3 is 20.1 Å². The van der Waals surface area contributed by atoms with Crippen molar-refractivity contribution in [2.75, 3.05) is 13.7 Å². The van der Waals surface area contributed by atoms with Crippen molar-refractivity contribution >= 4 is 11.8 Å². The SMILES string of the molecule is COc1cc(F)c(OC2CCC(C)(c3noc(=O)[nH]3)CC2)cc1C(=O)N[C@@H]1[C@H]2CC[C@H](C2)[C@@H]1C(=O)NCC1(C)CCC1. The zero-order valence-corrected chi connectivity index (χ0v) is 24.6. The lowest BCUT2D eigenvalue weighted by molar-refractivity contribution is -0.128. The van der Waals surface area contributed by atoms with Gasteiger partial charge in [-0.15, -0.1) is 0 Å². The van der Waals surface area contributed by atoms with Crippen molar-refractivity contribution < 1.29 is 28.0 Å². The molecule has 1 aromatic carbocycles. The second kappa shape index (κ2) is 11.0. The van der Waals surface area contributed by atoms with E-state index in [-0.39, 0.29) is 63.7 Å². The first-order valence-electron chi connectivity index (χ1n) is 15.3. The molecule has 2 aromatic rings. The minimum atomic E-state index is -0.612. The summed E-state index contributed by atoms with van der Waals surface area (Å²) in [5.41, 5.74) is -0.0107. The highest BCUT2D eigenvalue weighted by Crippen LogP contribution is 2.49. The number of carbonyl (C=O) groups is 2. The number of ether oxygens (including phenoxy) is 2. The van der Waals surface area contributed by atoms with Gasteiger partial charge >= 0.3 is 5.76 Å². The number of aromatic nitrogens is 2. The fourth-order valence-electron chi connectivity index (χ4n) is 7.71. The molecule has 4 aliphatic carbocycles. The Morgan fingerprint density at radius 3 is 2.48 bits per heavy atom. The van der Waals surface area contributed by atoms with Crippen molar-refractivity contribution in [2.45, 2.75) is 95.6 Å². The Labute approximate surface area is 244 Å². The van der Waals surface area contributed by atoms with Crippen LogP contribution in [0, 0.1) is 29.0 Å². The summed E-state index contributed by atoms with van der Waals surface area (Å²) in [4.78, 5) is 41.1. The number of methoxy groups -OCH3 is 1. The maximum absolute atomic E-state index is 15.1. The van der Waals surface area contributed by atoms with Crippen molar-refractivity contribution in [3.63, 3.8) is 0 Å². The summed E-state index contributed by atoms with van der Waals surface area (Å²) < 4.78 is 31.3. The van der Waals surface area contributed by atoms with E-state index < -0.39 is 17.5 Å². The Kier molecular flexibility index (Phi) is 7.55. The number of carbonyl (C=O) groups excluding carboxylic acids is 2. The van der Waals surface area contributed by atoms with Gasteiger partial charge in [-0.1, -0.05) is 25.4 Å². The third-order valence-corrected chi connectivity index (χ3v) is 10.6. The number of hydrogen-bond donors (Lipinski definition) is 3. The van der Waals surface area contributed by atoms with Crippen LogP contribution >= 0.6 is 0 Å². The van der Waals surface area contributed by atoms with Crippen LogP contribution in [0.4, 0.5) is 4.39 Å². The highest BCUT2D eigenvalue weighted by Gasteiger charge is 2.51. The molecule has 10 nitrogen and oxygen atoms in total. The topological polar surface area (TPSA) is 136 Å². The Morgan fingerprint density at radius 1 is 1.10 bits per heavy atom. The van der Waals surface area contributed by atoms with Crippen LogP contribution in [0.3, 0.4) is 0 Å². The molecule has 2 bridgehead atoms. The highest BCUT2D eigenvalue weighted by atomic mass is 19.1. The maximum Gasteiger partial charge on any atom is 0.438 e. The molecule has 2 amide bonds. The number of H-pyrrole nitrogens is 1. The summed E-state index contributed by atoms with van der Waals surface area (Å²) in [5, 5.41) is 10.2. The monoisotopic (exact) mass is 584 g/mol. The molecule has 0 saturated heterocycles. The molecule has 6 rings (SSSR count). The summed E-state index contributed by atoms with van der Waals surface area (Å²) >= 11 is 0. The first-order valence-corrected chi connectivity index (χ1v) is 15.3. The average molecular weight is 585 g/mol. The van der Waals surface area contributed by atoms with Crippen LogP contribution in [0.2, 0.25) is 0 Å². The van der Waals surface area contributed by atoms with Gasteiger partial charge in [0.05, 0.1) is 24.7 Å². The summed E-state index contributed by atoms with van der Waals surface area (Å²) in [7, 11) is 1.40. The fourth-order valence-corrected chi connectivity index (χ4v) is 7.71. The third-order valence-electron chi connectivity index (χ3n) is 10.6. The van der Waals surface area contributed by atoms with E-state index in [1.54, 1.807) is 0 Å². The number of benzene rings is 1. The fraction of sp³-hybridized carbons (Fsp3) is 0.677. The van der Waals surface area contributed by atoms with E-state index in [1.807, 2.05) is 6.92 Å². The van der Waals surface area contributed by atoms with Gasteiger partial charge in [0.1, 0.15) is 5.75 Å². The highest BCUT2D eigenvalue weighted by molar-refractivity contribution is 5.98. The van der Waals surface area contributed by atoms with E-state index in [2.05, 4.69) is 32.2 Å². The van der Waals surface area contributed by atoms with Crippen LogP contribution < -0.4 is 25.9 Å². The second-order valence-electron chi connectivity index (χ2n) is 13.5. The molecule has 42 heavy (non-hydrogen) atoms. The third kappa shape index (κ3) is 5.42. The lowest BCUT2D eigenvalue weighted by Gasteiger charge is -2.39. The normalized spacial score (nSPS) is 31.3. The van der Waals surface area contributed by atoms with Gasteiger partial charge in [0.15, 0.2) is 17.4 Å². The first-order chi connectivity index (χ1) is 20.1. The van der Waals surface area contributed by atoms with Gasteiger partial charge in [0.25, 0.3) is 5.91 Å². The molecular weight excluding hydrogens is 543 g/mol. The van der Waals surface area contributed by atoms with Crippen molar-refractivity contribution in [1.29, 1.82) is 0 Å².